The molecule has 4 rings (SSSR count). The van der Waals surface area contributed by atoms with E-state index in [-0.39, 0.29) is 18.4 Å². The molecule has 1 N–H and O–H groups in total. The second kappa shape index (κ2) is 6.64. The molecule has 0 spiro atoms. The summed E-state index contributed by atoms with van der Waals surface area (Å²) in [6.07, 6.45) is 3.51. The SMILES string of the molecule is O=C(CC1CSc2cc(Br)cc3[nH]c(=O)c(=O)n1c23)N1CCCCC1. The maximum atomic E-state index is 12.7. The van der Waals surface area contributed by atoms with Crippen LogP contribution in [0.2, 0.25) is 0 Å². The van der Waals surface area contributed by atoms with Gasteiger partial charge in [-0.05, 0) is 31.4 Å². The fraction of sp³-hybridized carbons (Fsp3) is 0.471. The monoisotopic (exact) mass is 423 g/mol. The lowest BCUT2D eigenvalue weighted by molar-refractivity contribution is -0.132. The van der Waals surface area contributed by atoms with Crippen LogP contribution in [0.1, 0.15) is 31.7 Å². The van der Waals surface area contributed by atoms with Crippen molar-refractivity contribution in [3.05, 3.63) is 37.3 Å². The fourth-order valence-corrected chi connectivity index (χ4v) is 5.45. The minimum absolute atomic E-state index is 0.0752. The summed E-state index contributed by atoms with van der Waals surface area (Å²) in [6, 6.07) is 3.46. The average Bonchev–Trinajstić information content (AvgIpc) is 2.61. The van der Waals surface area contributed by atoms with Crippen molar-refractivity contribution in [3.63, 3.8) is 0 Å². The molecule has 6 nitrogen and oxygen atoms in total. The number of rotatable bonds is 2. The molecule has 1 unspecified atom stereocenters. The Bertz CT molecular complexity index is 962. The number of carbonyl (C=O) groups excluding carboxylic acids is 1. The molecular weight excluding hydrogens is 406 g/mol. The lowest BCUT2D eigenvalue weighted by atomic mass is 10.1. The molecular formula is C17H18BrN3O3S. The zero-order chi connectivity index (χ0) is 17.6. The molecule has 1 saturated heterocycles. The first-order valence-electron chi connectivity index (χ1n) is 8.43. The number of piperidine rings is 1. The third-order valence-corrected chi connectivity index (χ3v) is 6.49. The maximum absolute atomic E-state index is 12.7. The molecule has 0 radical (unpaired) electrons. The van der Waals surface area contributed by atoms with E-state index < -0.39 is 11.1 Å². The van der Waals surface area contributed by atoms with Crippen LogP contribution in [0.25, 0.3) is 11.0 Å². The van der Waals surface area contributed by atoms with Gasteiger partial charge in [-0.25, -0.2) is 0 Å². The maximum Gasteiger partial charge on any atom is 0.317 e. The highest BCUT2D eigenvalue weighted by molar-refractivity contribution is 9.10. The Hall–Kier alpha value is -1.54. The fourth-order valence-electron chi connectivity index (χ4n) is 3.65. The Morgan fingerprint density at radius 3 is 2.76 bits per heavy atom. The number of hydrogen-bond donors (Lipinski definition) is 1. The van der Waals surface area contributed by atoms with Gasteiger partial charge < -0.3 is 9.88 Å². The molecule has 25 heavy (non-hydrogen) atoms. The molecule has 3 heterocycles. The van der Waals surface area contributed by atoms with E-state index in [1.165, 1.54) is 11.0 Å². The Balaban J connectivity index is 1.76. The summed E-state index contributed by atoms with van der Waals surface area (Å²) in [5.41, 5.74) is 0.128. The predicted molar refractivity (Wildman–Crippen MR) is 101 cm³/mol. The highest BCUT2D eigenvalue weighted by atomic mass is 79.9. The van der Waals surface area contributed by atoms with E-state index in [4.69, 9.17) is 0 Å². The van der Waals surface area contributed by atoms with E-state index in [0.717, 1.165) is 40.8 Å². The lowest BCUT2D eigenvalue weighted by Crippen LogP contribution is -2.43. The number of hydrogen-bond acceptors (Lipinski definition) is 4. The number of H-pyrrole nitrogens is 1. The molecule has 2 aliphatic rings. The molecule has 0 saturated carbocycles. The normalized spacial score (nSPS) is 20.0. The first kappa shape index (κ1) is 16.9. The molecule has 2 aliphatic heterocycles. The lowest BCUT2D eigenvalue weighted by Gasteiger charge is -2.31. The van der Waals surface area contributed by atoms with E-state index >= 15 is 0 Å². The zero-order valence-corrected chi connectivity index (χ0v) is 16.0. The molecule has 1 amide bonds. The molecule has 1 aromatic carbocycles. The number of carbonyl (C=O) groups is 1. The Morgan fingerprint density at radius 2 is 2.00 bits per heavy atom. The third-order valence-electron chi connectivity index (χ3n) is 4.86. The number of nitrogens with one attached hydrogen (secondary N) is 1. The second-order valence-electron chi connectivity index (χ2n) is 6.54. The van der Waals surface area contributed by atoms with E-state index in [2.05, 4.69) is 20.9 Å². The first-order chi connectivity index (χ1) is 12.0. The van der Waals surface area contributed by atoms with E-state index in [0.29, 0.717) is 11.3 Å². The smallest absolute Gasteiger partial charge is 0.317 e. The van der Waals surface area contributed by atoms with Crippen LogP contribution in [0.15, 0.2) is 31.1 Å². The van der Waals surface area contributed by atoms with Gasteiger partial charge in [-0.3, -0.25) is 19.0 Å². The average molecular weight is 424 g/mol. The van der Waals surface area contributed by atoms with E-state index in [1.807, 2.05) is 11.0 Å². The summed E-state index contributed by atoms with van der Waals surface area (Å²) in [7, 11) is 0. The van der Waals surface area contributed by atoms with Crippen molar-refractivity contribution in [1.82, 2.24) is 14.5 Å². The highest BCUT2D eigenvalue weighted by Gasteiger charge is 2.28. The molecule has 0 aliphatic carbocycles. The van der Waals surface area contributed by atoms with Crippen LogP contribution in [-0.2, 0) is 4.79 Å². The van der Waals surface area contributed by atoms with Gasteiger partial charge >= 0.3 is 11.1 Å². The minimum atomic E-state index is -0.640. The highest BCUT2D eigenvalue weighted by Crippen LogP contribution is 2.38. The summed E-state index contributed by atoms with van der Waals surface area (Å²) in [4.78, 5) is 42.8. The number of halogens is 1. The van der Waals surface area contributed by atoms with Gasteiger partial charge in [0, 0.05) is 34.6 Å². The van der Waals surface area contributed by atoms with Gasteiger partial charge in [-0.1, -0.05) is 15.9 Å². The number of likely N-dealkylation sites (tertiary alicyclic amines) is 1. The van der Waals surface area contributed by atoms with Gasteiger partial charge in [-0.15, -0.1) is 11.8 Å². The van der Waals surface area contributed by atoms with Crippen LogP contribution in [0.3, 0.4) is 0 Å². The number of aromatic amines is 1. The van der Waals surface area contributed by atoms with Gasteiger partial charge in [0.1, 0.15) is 0 Å². The minimum Gasteiger partial charge on any atom is -0.343 e. The Morgan fingerprint density at radius 1 is 1.24 bits per heavy atom. The molecule has 8 heteroatoms. The summed E-state index contributed by atoms with van der Waals surface area (Å²) in [5.74, 6) is 0.688. The zero-order valence-electron chi connectivity index (χ0n) is 13.6. The van der Waals surface area contributed by atoms with Crippen molar-refractivity contribution in [2.24, 2.45) is 0 Å². The summed E-state index contributed by atoms with van der Waals surface area (Å²) < 4.78 is 2.39. The molecule has 132 valence electrons. The van der Waals surface area contributed by atoms with Crippen LogP contribution in [0, 0.1) is 0 Å². The molecule has 0 bridgehead atoms. The number of benzene rings is 1. The van der Waals surface area contributed by atoms with Crippen LogP contribution < -0.4 is 11.1 Å². The summed E-state index contributed by atoms with van der Waals surface area (Å²) in [6.45, 7) is 1.59. The molecule has 1 atom stereocenters. The Labute approximate surface area is 156 Å². The van der Waals surface area contributed by atoms with Gasteiger partial charge in [0.25, 0.3) is 0 Å². The number of nitrogens with zero attached hydrogens (tertiary/aromatic N) is 2. The van der Waals surface area contributed by atoms with Crippen molar-refractivity contribution in [1.29, 1.82) is 0 Å². The van der Waals surface area contributed by atoms with Crippen LogP contribution >= 0.6 is 27.7 Å². The number of amides is 1. The largest absolute Gasteiger partial charge is 0.343 e. The topological polar surface area (TPSA) is 75.2 Å². The van der Waals surface area contributed by atoms with Gasteiger partial charge in [0.2, 0.25) is 5.91 Å². The van der Waals surface area contributed by atoms with Gasteiger partial charge in [-0.2, -0.15) is 0 Å². The number of thioether (sulfide) groups is 1. The first-order valence-corrected chi connectivity index (χ1v) is 10.2. The second-order valence-corrected chi connectivity index (χ2v) is 8.52. The Kier molecular flexibility index (Phi) is 4.49. The van der Waals surface area contributed by atoms with Crippen LogP contribution in [0.4, 0.5) is 0 Å². The van der Waals surface area contributed by atoms with Crippen molar-refractivity contribution < 1.29 is 4.79 Å². The standard InChI is InChI=1S/C17H18BrN3O3S/c18-10-6-12-15-13(7-10)25-9-11(21(15)17(24)16(23)19-12)8-14(22)20-4-2-1-3-5-20/h6-7,11H,1-5,8-9H2,(H,19,23). The van der Waals surface area contributed by atoms with Crippen molar-refractivity contribution in [2.75, 3.05) is 18.8 Å². The van der Waals surface area contributed by atoms with E-state index in [1.54, 1.807) is 17.8 Å². The third kappa shape index (κ3) is 3.06. The molecule has 1 fully saturated rings. The quantitative estimate of drug-likeness (QED) is 0.752. The molecule has 2 aromatic rings. The van der Waals surface area contributed by atoms with Crippen molar-refractivity contribution in [3.8, 4) is 0 Å². The van der Waals surface area contributed by atoms with Crippen molar-refractivity contribution in [2.45, 2.75) is 36.6 Å². The van der Waals surface area contributed by atoms with Crippen molar-refractivity contribution >= 4 is 44.6 Å². The van der Waals surface area contributed by atoms with Crippen LogP contribution in [0.5, 0.6) is 0 Å². The van der Waals surface area contributed by atoms with E-state index in [9.17, 15) is 14.4 Å². The molecule has 1 aromatic heterocycles. The van der Waals surface area contributed by atoms with Crippen LogP contribution in [-0.4, -0.2) is 39.2 Å². The predicted octanol–water partition coefficient (Wildman–Crippen LogP) is 2.50. The van der Waals surface area contributed by atoms with Gasteiger partial charge in [0.15, 0.2) is 0 Å². The summed E-state index contributed by atoms with van der Waals surface area (Å²) in [5, 5.41) is 0. The van der Waals surface area contributed by atoms with Gasteiger partial charge in [0.05, 0.1) is 17.1 Å². The number of aromatic nitrogens is 2. The summed E-state index contributed by atoms with van der Waals surface area (Å²) >= 11 is 5.06.